The van der Waals surface area contributed by atoms with Crippen LogP contribution in [0.25, 0.3) is 0 Å². The summed E-state index contributed by atoms with van der Waals surface area (Å²) in [5.41, 5.74) is 1.09. The molecule has 2 atom stereocenters. The van der Waals surface area contributed by atoms with E-state index in [1.54, 1.807) is 0 Å². The summed E-state index contributed by atoms with van der Waals surface area (Å²) >= 11 is 0. The van der Waals surface area contributed by atoms with Gasteiger partial charge < -0.3 is 10.6 Å². The Morgan fingerprint density at radius 1 is 1.20 bits per heavy atom. The first-order chi connectivity index (χ1) is 12.2. The SMILES string of the molecule is CN=C(NCc1ccn(C2CCCC2)n1)NC1CN(C2CC2)CC1C. The lowest BCUT2D eigenvalue weighted by atomic mass is 10.1. The molecule has 138 valence electrons. The molecule has 4 rings (SSSR count). The highest BCUT2D eigenvalue weighted by atomic mass is 15.3. The number of hydrogen-bond donors (Lipinski definition) is 2. The molecule has 1 aromatic rings. The first-order valence-electron chi connectivity index (χ1n) is 9.98. The number of aliphatic imine (C=N–C) groups is 1. The summed E-state index contributed by atoms with van der Waals surface area (Å²) < 4.78 is 2.16. The Morgan fingerprint density at radius 3 is 2.72 bits per heavy atom. The molecule has 2 saturated carbocycles. The molecule has 0 spiro atoms. The van der Waals surface area contributed by atoms with Crippen LogP contribution in [-0.2, 0) is 6.54 Å². The van der Waals surface area contributed by atoms with Crippen molar-refractivity contribution in [2.24, 2.45) is 10.9 Å². The fourth-order valence-electron chi connectivity index (χ4n) is 4.32. The zero-order valence-corrected chi connectivity index (χ0v) is 15.6. The van der Waals surface area contributed by atoms with Gasteiger partial charge in [-0.2, -0.15) is 5.10 Å². The molecule has 1 aliphatic heterocycles. The predicted molar refractivity (Wildman–Crippen MR) is 101 cm³/mol. The van der Waals surface area contributed by atoms with Crippen LogP contribution in [0, 0.1) is 5.92 Å². The molecule has 3 fully saturated rings. The number of guanidine groups is 1. The van der Waals surface area contributed by atoms with Gasteiger partial charge in [0.05, 0.1) is 18.3 Å². The summed E-state index contributed by atoms with van der Waals surface area (Å²) in [4.78, 5) is 7.05. The molecule has 1 aromatic heterocycles. The van der Waals surface area contributed by atoms with Gasteiger partial charge >= 0.3 is 0 Å². The Morgan fingerprint density at radius 2 is 2.00 bits per heavy atom. The number of nitrogens with one attached hydrogen (secondary N) is 2. The molecular formula is C19H32N6. The van der Waals surface area contributed by atoms with Gasteiger partial charge in [-0.05, 0) is 37.7 Å². The number of rotatable bonds is 5. The van der Waals surface area contributed by atoms with Crippen molar-refractivity contribution in [1.82, 2.24) is 25.3 Å². The van der Waals surface area contributed by atoms with Crippen LogP contribution in [0.3, 0.4) is 0 Å². The fourth-order valence-corrected chi connectivity index (χ4v) is 4.32. The Kier molecular flexibility index (Phi) is 4.97. The van der Waals surface area contributed by atoms with Crippen LogP contribution >= 0.6 is 0 Å². The number of hydrogen-bond acceptors (Lipinski definition) is 3. The Bertz CT molecular complexity index is 599. The van der Waals surface area contributed by atoms with E-state index in [4.69, 9.17) is 5.10 Å². The smallest absolute Gasteiger partial charge is 0.191 e. The topological polar surface area (TPSA) is 57.5 Å². The standard InChI is InChI=1S/C19H32N6/c1-14-12-24(16-7-8-16)13-18(14)22-19(20-2)21-11-15-9-10-25(23-15)17-5-3-4-6-17/h9-10,14,16-18H,3-8,11-13H2,1-2H3,(H2,20,21,22). The van der Waals surface area contributed by atoms with Crippen molar-refractivity contribution in [1.29, 1.82) is 0 Å². The summed E-state index contributed by atoms with van der Waals surface area (Å²) in [7, 11) is 1.85. The molecule has 0 radical (unpaired) electrons. The minimum atomic E-state index is 0.489. The fraction of sp³-hybridized carbons (Fsp3) is 0.789. The minimum absolute atomic E-state index is 0.489. The van der Waals surface area contributed by atoms with Crippen LogP contribution in [0.2, 0.25) is 0 Å². The molecule has 2 N–H and O–H groups in total. The van der Waals surface area contributed by atoms with E-state index in [1.807, 2.05) is 7.05 Å². The Hall–Kier alpha value is -1.56. The number of aromatic nitrogens is 2. The highest BCUT2D eigenvalue weighted by Gasteiger charge is 2.38. The largest absolute Gasteiger partial charge is 0.352 e. The maximum Gasteiger partial charge on any atom is 0.191 e. The van der Waals surface area contributed by atoms with Crippen LogP contribution in [0.4, 0.5) is 0 Å². The van der Waals surface area contributed by atoms with Crippen molar-refractivity contribution in [3.63, 3.8) is 0 Å². The molecule has 6 heteroatoms. The first-order valence-corrected chi connectivity index (χ1v) is 9.98. The van der Waals surface area contributed by atoms with E-state index in [1.165, 1.54) is 45.1 Å². The highest BCUT2D eigenvalue weighted by Crippen LogP contribution is 2.31. The zero-order valence-electron chi connectivity index (χ0n) is 15.6. The van der Waals surface area contributed by atoms with Crippen molar-refractivity contribution >= 4 is 5.96 Å². The van der Waals surface area contributed by atoms with Gasteiger partial charge in [-0.1, -0.05) is 19.8 Å². The molecule has 2 heterocycles. The second-order valence-electron chi connectivity index (χ2n) is 8.06. The molecule has 2 unspecified atom stereocenters. The molecule has 0 amide bonds. The van der Waals surface area contributed by atoms with Crippen LogP contribution in [0.1, 0.15) is 57.2 Å². The lowest BCUT2D eigenvalue weighted by Crippen LogP contribution is -2.46. The third-order valence-electron chi connectivity index (χ3n) is 6.05. The Labute approximate surface area is 151 Å². The van der Waals surface area contributed by atoms with Gasteiger partial charge in [0.25, 0.3) is 0 Å². The lowest BCUT2D eigenvalue weighted by molar-refractivity contribution is 0.315. The lowest BCUT2D eigenvalue weighted by Gasteiger charge is -2.20. The van der Waals surface area contributed by atoms with E-state index in [9.17, 15) is 0 Å². The molecule has 0 bridgehead atoms. The second-order valence-corrected chi connectivity index (χ2v) is 8.06. The van der Waals surface area contributed by atoms with Crippen LogP contribution in [-0.4, -0.2) is 52.9 Å². The molecule has 2 aliphatic carbocycles. The third-order valence-corrected chi connectivity index (χ3v) is 6.05. The maximum absolute atomic E-state index is 4.75. The highest BCUT2D eigenvalue weighted by molar-refractivity contribution is 5.80. The Balaban J connectivity index is 1.27. The monoisotopic (exact) mass is 344 g/mol. The van der Waals surface area contributed by atoms with Gasteiger partial charge in [0.2, 0.25) is 0 Å². The van der Waals surface area contributed by atoms with E-state index in [0.717, 1.165) is 30.8 Å². The van der Waals surface area contributed by atoms with E-state index < -0.39 is 0 Å². The van der Waals surface area contributed by atoms with Crippen molar-refractivity contribution in [2.75, 3.05) is 20.1 Å². The van der Waals surface area contributed by atoms with E-state index in [2.05, 4.69) is 44.4 Å². The molecule has 0 aromatic carbocycles. The van der Waals surface area contributed by atoms with Gasteiger partial charge in [-0.3, -0.25) is 14.6 Å². The average Bonchev–Trinajstić information content (AvgIpc) is 3.02. The van der Waals surface area contributed by atoms with Gasteiger partial charge in [-0.25, -0.2) is 0 Å². The van der Waals surface area contributed by atoms with Crippen LogP contribution in [0.5, 0.6) is 0 Å². The normalized spacial score (nSPS) is 28.6. The summed E-state index contributed by atoms with van der Waals surface area (Å²) in [6.45, 7) is 5.43. The zero-order chi connectivity index (χ0) is 17.2. The minimum Gasteiger partial charge on any atom is -0.352 e. The number of likely N-dealkylation sites (tertiary alicyclic amines) is 1. The van der Waals surface area contributed by atoms with Crippen LogP contribution < -0.4 is 10.6 Å². The third kappa shape index (κ3) is 4.00. The first kappa shape index (κ1) is 16.9. The molecule has 1 saturated heterocycles. The number of nitrogens with zero attached hydrogens (tertiary/aromatic N) is 4. The second kappa shape index (κ2) is 7.36. The van der Waals surface area contributed by atoms with Gasteiger partial charge in [0, 0.05) is 38.4 Å². The van der Waals surface area contributed by atoms with Crippen LogP contribution in [0.15, 0.2) is 17.3 Å². The van der Waals surface area contributed by atoms with E-state index >= 15 is 0 Å². The van der Waals surface area contributed by atoms with Gasteiger partial charge in [0.15, 0.2) is 5.96 Å². The molecule has 25 heavy (non-hydrogen) atoms. The van der Waals surface area contributed by atoms with Crippen molar-refractivity contribution in [3.8, 4) is 0 Å². The van der Waals surface area contributed by atoms with Gasteiger partial charge in [-0.15, -0.1) is 0 Å². The quantitative estimate of drug-likeness (QED) is 0.635. The van der Waals surface area contributed by atoms with E-state index in [0.29, 0.717) is 18.0 Å². The maximum atomic E-state index is 4.75. The molecule has 6 nitrogen and oxygen atoms in total. The summed E-state index contributed by atoms with van der Waals surface area (Å²) in [5, 5.41) is 11.8. The molecule has 3 aliphatic rings. The molecular weight excluding hydrogens is 312 g/mol. The van der Waals surface area contributed by atoms with Gasteiger partial charge in [0.1, 0.15) is 0 Å². The van der Waals surface area contributed by atoms with Crippen molar-refractivity contribution in [2.45, 2.75) is 70.1 Å². The predicted octanol–water partition coefficient (Wildman–Crippen LogP) is 2.15. The van der Waals surface area contributed by atoms with E-state index in [-0.39, 0.29) is 0 Å². The summed E-state index contributed by atoms with van der Waals surface area (Å²) in [5.74, 6) is 1.56. The van der Waals surface area contributed by atoms with Crippen molar-refractivity contribution in [3.05, 3.63) is 18.0 Å². The van der Waals surface area contributed by atoms with Crippen molar-refractivity contribution < 1.29 is 0 Å². The summed E-state index contributed by atoms with van der Waals surface area (Å²) in [6.07, 6.45) is 10.1. The average molecular weight is 345 g/mol. The summed E-state index contributed by atoms with van der Waals surface area (Å²) in [6, 6.07) is 4.08.